The maximum absolute atomic E-state index is 2.44. The van der Waals surface area contributed by atoms with Gasteiger partial charge in [0.1, 0.15) is 0 Å². The van der Waals surface area contributed by atoms with Crippen molar-refractivity contribution in [3.05, 3.63) is 40.1 Å². The van der Waals surface area contributed by atoms with E-state index in [9.17, 15) is 0 Å². The van der Waals surface area contributed by atoms with Crippen molar-refractivity contribution in [2.75, 3.05) is 36.0 Å². The summed E-state index contributed by atoms with van der Waals surface area (Å²) in [5.74, 6) is 0. The van der Waals surface area contributed by atoms with Crippen LogP contribution in [0.25, 0.3) is 6.08 Å². The lowest BCUT2D eigenvalue weighted by molar-refractivity contribution is 0.870. The van der Waals surface area contributed by atoms with Gasteiger partial charge in [0.15, 0.2) is 0 Å². The van der Waals surface area contributed by atoms with Gasteiger partial charge in [-0.2, -0.15) is 0 Å². The second-order valence-electron chi connectivity index (χ2n) is 5.38. The van der Waals surface area contributed by atoms with Crippen LogP contribution in [0.3, 0.4) is 0 Å². The lowest BCUT2D eigenvalue weighted by Crippen LogP contribution is -2.21. The van der Waals surface area contributed by atoms with Gasteiger partial charge in [0.2, 0.25) is 0 Å². The third kappa shape index (κ3) is 4.39. The van der Waals surface area contributed by atoms with E-state index in [1.165, 1.54) is 21.1 Å². The summed E-state index contributed by atoms with van der Waals surface area (Å²) in [5, 5.41) is 7.22. The van der Waals surface area contributed by atoms with Crippen molar-refractivity contribution in [2.24, 2.45) is 0 Å². The lowest BCUT2D eigenvalue weighted by Gasteiger charge is -2.20. The lowest BCUT2D eigenvalue weighted by atomic mass is 10.2. The average Bonchev–Trinajstić information content (AvgIpc) is 3.21. The molecule has 4 heteroatoms. The van der Waals surface area contributed by atoms with E-state index in [0.717, 1.165) is 32.6 Å². The van der Waals surface area contributed by atoms with E-state index in [1.54, 1.807) is 0 Å². The van der Waals surface area contributed by atoms with Crippen LogP contribution in [0.15, 0.2) is 29.0 Å². The molecule has 0 radical (unpaired) electrons. The van der Waals surface area contributed by atoms with Crippen LogP contribution in [-0.4, -0.2) is 26.2 Å². The Bertz CT molecular complexity index is 604. The topological polar surface area (TPSA) is 6.48 Å². The Morgan fingerprint density at radius 1 is 0.826 bits per heavy atom. The van der Waals surface area contributed by atoms with Crippen molar-refractivity contribution >= 4 is 38.8 Å². The van der Waals surface area contributed by atoms with Crippen molar-refractivity contribution < 1.29 is 0 Å². The molecule has 0 unspecified atom stereocenters. The molecule has 0 aliphatic rings. The highest BCUT2D eigenvalue weighted by Crippen LogP contribution is 2.30. The van der Waals surface area contributed by atoms with Crippen LogP contribution in [-0.2, 0) is 6.42 Å². The highest BCUT2D eigenvalue weighted by Gasteiger charge is 2.10. The summed E-state index contributed by atoms with van der Waals surface area (Å²) in [6.45, 7) is 13.2. The fraction of sp³-hybridized carbons (Fsp3) is 0.474. The molecule has 0 aliphatic heterocycles. The molecule has 2 nitrogen and oxygen atoms in total. The molecule has 0 saturated carbocycles. The van der Waals surface area contributed by atoms with Crippen molar-refractivity contribution in [1.29, 1.82) is 0 Å². The van der Waals surface area contributed by atoms with Crippen LogP contribution in [0.5, 0.6) is 0 Å². The van der Waals surface area contributed by atoms with Crippen molar-refractivity contribution in [2.45, 2.75) is 34.1 Å². The minimum absolute atomic E-state index is 1.00. The molecule has 0 aliphatic carbocycles. The van der Waals surface area contributed by atoms with Crippen LogP contribution in [0, 0.1) is 0 Å². The molecule has 0 fully saturated rings. The van der Waals surface area contributed by atoms with Gasteiger partial charge in [-0.1, -0.05) is 12.2 Å². The second kappa shape index (κ2) is 9.14. The molecule has 2 heterocycles. The minimum atomic E-state index is 1.00. The first-order valence-corrected chi connectivity index (χ1v) is 10.3. The van der Waals surface area contributed by atoms with Gasteiger partial charge >= 0.3 is 0 Å². The maximum atomic E-state index is 2.44. The first-order chi connectivity index (χ1) is 11.2. The molecule has 126 valence electrons. The van der Waals surface area contributed by atoms with Crippen LogP contribution in [0.2, 0.25) is 0 Å². The predicted octanol–water partition coefficient (Wildman–Crippen LogP) is 5.76. The minimum Gasteiger partial charge on any atom is -0.364 e. The molecule has 2 aromatic heterocycles. The Balaban J connectivity index is 2.09. The first kappa shape index (κ1) is 18.1. The summed E-state index contributed by atoms with van der Waals surface area (Å²) in [5.41, 5.74) is 2.79. The van der Waals surface area contributed by atoms with E-state index in [2.05, 4.69) is 72.5 Å². The molecule has 0 saturated heterocycles. The highest BCUT2D eigenvalue weighted by atomic mass is 32.1. The summed E-state index contributed by atoms with van der Waals surface area (Å²) in [7, 11) is 0. The first-order valence-electron chi connectivity index (χ1n) is 8.55. The van der Waals surface area contributed by atoms with Gasteiger partial charge in [-0.25, -0.2) is 0 Å². The number of nitrogens with zero attached hydrogens (tertiary/aromatic N) is 2. The zero-order valence-electron chi connectivity index (χ0n) is 14.7. The quantitative estimate of drug-likeness (QED) is 0.568. The third-order valence-electron chi connectivity index (χ3n) is 4.13. The molecule has 0 amide bonds. The van der Waals surface area contributed by atoms with Crippen molar-refractivity contribution in [3.8, 4) is 0 Å². The zero-order valence-corrected chi connectivity index (χ0v) is 16.3. The van der Waals surface area contributed by atoms with Crippen LogP contribution < -0.4 is 9.80 Å². The SMILES string of the molecule is CCN(CC)c1sccc1C=CCc1ccsc1N(CC)CC. The average molecular weight is 349 g/mol. The smallest absolute Gasteiger partial charge is 0.0982 e. The van der Waals surface area contributed by atoms with Gasteiger partial charge in [0.25, 0.3) is 0 Å². The monoisotopic (exact) mass is 348 g/mol. The number of rotatable bonds is 9. The number of anilines is 2. The van der Waals surface area contributed by atoms with E-state index >= 15 is 0 Å². The summed E-state index contributed by atoms with van der Waals surface area (Å²) < 4.78 is 0. The fourth-order valence-electron chi connectivity index (χ4n) is 2.79. The Morgan fingerprint density at radius 3 is 2.04 bits per heavy atom. The third-order valence-corrected chi connectivity index (χ3v) is 6.14. The van der Waals surface area contributed by atoms with Crippen LogP contribution in [0.1, 0.15) is 38.8 Å². The molecule has 0 atom stereocenters. The van der Waals surface area contributed by atoms with Gasteiger partial charge in [-0.15, -0.1) is 22.7 Å². The maximum Gasteiger partial charge on any atom is 0.0982 e. The Labute approximate surface area is 149 Å². The van der Waals surface area contributed by atoms with Crippen molar-refractivity contribution in [3.63, 3.8) is 0 Å². The molecule has 2 rings (SSSR count). The molecule has 0 aromatic carbocycles. The molecule has 23 heavy (non-hydrogen) atoms. The highest BCUT2D eigenvalue weighted by molar-refractivity contribution is 7.14. The van der Waals surface area contributed by atoms with Gasteiger partial charge in [0, 0.05) is 31.7 Å². The molecule has 0 bridgehead atoms. The Hall–Kier alpha value is -1.26. The normalized spacial score (nSPS) is 11.3. The summed E-state index contributed by atoms with van der Waals surface area (Å²) in [4.78, 5) is 4.87. The molecular weight excluding hydrogens is 320 g/mol. The largest absolute Gasteiger partial charge is 0.364 e. The predicted molar refractivity (Wildman–Crippen MR) is 108 cm³/mol. The van der Waals surface area contributed by atoms with Crippen LogP contribution in [0.4, 0.5) is 10.0 Å². The van der Waals surface area contributed by atoms with Gasteiger partial charge in [-0.05, 0) is 62.6 Å². The van der Waals surface area contributed by atoms with Crippen molar-refractivity contribution in [1.82, 2.24) is 0 Å². The van der Waals surface area contributed by atoms with Gasteiger partial charge < -0.3 is 9.80 Å². The van der Waals surface area contributed by atoms with E-state index < -0.39 is 0 Å². The summed E-state index contributed by atoms with van der Waals surface area (Å²) >= 11 is 3.69. The van der Waals surface area contributed by atoms with E-state index in [0.29, 0.717) is 0 Å². The van der Waals surface area contributed by atoms with E-state index in [-0.39, 0.29) is 0 Å². The molecule has 0 spiro atoms. The van der Waals surface area contributed by atoms with Gasteiger partial charge in [0.05, 0.1) is 10.0 Å². The number of allylic oxidation sites excluding steroid dienone is 1. The Morgan fingerprint density at radius 2 is 1.39 bits per heavy atom. The second-order valence-corrected chi connectivity index (χ2v) is 7.17. The van der Waals surface area contributed by atoms with Gasteiger partial charge in [-0.3, -0.25) is 0 Å². The van der Waals surface area contributed by atoms with Crippen LogP contribution >= 0.6 is 22.7 Å². The number of hydrogen-bond donors (Lipinski definition) is 0. The molecule has 0 N–H and O–H groups in total. The summed E-state index contributed by atoms with van der Waals surface area (Å²) in [6, 6.07) is 4.50. The standard InChI is InChI=1S/C19H28N2S2/c1-5-20(6-2)18-16(12-14-22-18)10-9-11-17-13-15-23-19(17)21(7-3)8-4/h9-10,12-15H,5-8,11H2,1-4H3. The number of thiophene rings is 2. The van der Waals surface area contributed by atoms with E-state index in [1.807, 2.05) is 22.7 Å². The Kier molecular flexibility index (Phi) is 7.18. The molecular formula is C19H28N2S2. The fourth-order valence-corrected chi connectivity index (χ4v) is 4.88. The summed E-state index contributed by atoms with van der Waals surface area (Å²) in [6.07, 6.45) is 5.60. The molecule has 2 aromatic rings. The van der Waals surface area contributed by atoms with E-state index in [4.69, 9.17) is 0 Å². The zero-order chi connectivity index (χ0) is 16.7. The number of hydrogen-bond acceptors (Lipinski definition) is 4.